The number of carbonyl (C=O) groups is 2. The Morgan fingerprint density at radius 3 is 2.19 bits per heavy atom. The summed E-state index contributed by atoms with van der Waals surface area (Å²) >= 11 is 0. The summed E-state index contributed by atoms with van der Waals surface area (Å²) in [4.78, 5) is 33.7. The summed E-state index contributed by atoms with van der Waals surface area (Å²) in [5, 5.41) is 0. The molecule has 1 aromatic heterocycles. The standard InChI is InChI=1S/C19H23FN4O2/c1-22(2)17(14-5-7-15(20)8-6-14)19(26)24-12-10-23(11-13-24)18(25)16-4-3-9-21-16/h3-9,17,21H,10-13H2,1-2H3. The van der Waals surface area contributed by atoms with Crippen LogP contribution in [0, 0.1) is 5.82 Å². The Morgan fingerprint density at radius 1 is 1.04 bits per heavy atom. The summed E-state index contributed by atoms with van der Waals surface area (Å²) in [6.45, 7) is 1.95. The van der Waals surface area contributed by atoms with Crippen LogP contribution in [0.15, 0.2) is 42.6 Å². The lowest BCUT2D eigenvalue weighted by Gasteiger charge is -2.37. The van der Waals surface area contributed by atoms with E-state index in [1.807, 2.05) is 19.0 Å². The van der Waals surface area contributed by atoms with Crippen LogP contribution in [0.1, 0.15) is 22.1 Å². The van der Waals surface area contributed by atoms with Crippen molar-refractivity contribution in [2.45, 2.75) is 6.04 Å². The number of halogens is 1. The molecule has 0 saturated carbocycles. The molecule has 138 valence electrons. The molecule has 0 spiro atoms. The van der Waals surface area contributed by atoms with Crippen LogP contribution in [0.2, 0.25) is 0 Å². The van der Waals surface area contributed by atoms with E-state index in [-0.39, 0.29) is 17.6 Å². The summed E-state index contributed by atoms with van der Waals surface area (Å²) in [7, 11) is 3.66. The van der Waals surface area contributed by atoms with Crippen LogP contribution in [-0.4, -0.2) is 71.8 Å². The topological polar surface area (TPSA) is 59.7 Å². The van der Waals surface area contributed by atoms with Gasteiger partial charge in [-0.05, 0) is 43.9 Å². The number of piperazine rings is 1. The third kappa shape index (κ3) is 3.77. The highest BCUT2D eigenvalue weighted by Crippen LogP contribution is 2.22. The Bertz CT molecular complexity index is 750. The third-order valence-electron chi connectivity index (χ3n) is 4.64. The number of aromatic amines is 1. The van der Waals surface area contributed by atoms with Gasteiger partial charge in [0.25, 0.3) is 5.91 Å². The molecule has 0 bridgehead atoms. The molecule has 7 heteroatoms. The second kappa shape index (κ2) is 7.70. The van der Waals surface area contributed by atoms with Gasteiger partial charge in [0, 0.05) is 32.4 Å². The monoisotopic (exact) mass is 358 g/mol. The molecule has 1 fully saturated rings. The Hall–Kier alpha value is -2.67. The van der Waals surface area contributed by atoms with Gasteiger partial charge in [-0.3, -0.25) is 14.5 Å². The van der Waals surface area contributed by atoms with Crippen molar-refractivity contribution in [3.05, 3.63) is 59.7 Å². The van der Waals surface area contributed by atoms with Gasteiger partial charge in [0.2, 0.25) is 5.91 Å². The van der Waals surface area contributed by atoms with Gasteiger partial charge in [-0.2, -0.15) is 0 Å². The number of nitrogens with zero attached hydrogens (tertiary/aromatic N) is 3. The van der Waals surface area contributed by atoms with Crippen molar-refractivity contribution in [3.63, 3.8) is 0 Å². The van der Waals surface area contributed by atoms with Crippen LogP contribution in [-0.2, 0) is 4.79 Å². The number of carbonyl (C=O) groups excluding carboxylic acids is 2. The van der Waals surface area contributed by atoms with Crippen molar-refractivity contribution in [3.8, 4) is 0 Å². The SMILES string of the molecule is CN(C)C(C(=O)N1CCN(C(=O)c2ccc[nH]2)CC1)c1ccc(F)cc1. The van der Waals surface area contributed by atoms with Gasteiger partial charge in [0.1, 0.15) is 17.6 Å². The minimum Gasteiger partial charge on any atom is -0.357 e. The second-order valence-electron chi connectivity index (χ2n) is 6.62. The van der Waals surface area contributed by atoms with Gasteiger partial charge in [-0.25, -0.2) is 4.39 Å². The number of rotatable bonds is 4. The fourth-order valence-corrected chi connectivity index (χ4v) is 3.24. The van der Waals surface area contributed by atoms with E-state index in [4.69, 9.17) is 0 Å². The molecule has 6 nitrogen and oxygen atoms in total. The summed E-state index contributed by atoms with van der Waals surface area (Å²) in [6.07, 6.45) is 1.72. The molecule has 1 aliphatic rings. The minimum absolute atomic E-state index is 0.0337. The molecule has 1 atom stereocenters. The molecule has 2 amide bonds. The molecule has 1 N–H and O–H groups in total. The zero-order valence-electron chi connectivity index (χ0n) is 15.0. The fourth-order valence-electron chi connectivity index (χ4n) is 3.24. The van der Waals surface area contributed by atoms with E-state index in [0.29, 0.717) is 31.9 Å². The molecule has 1 aromatic carbocycles. The lowest BCUT2D eigenvalue weighted by molar-refractivity contribution is -0.137. The van der Waals surface area contributed by atoms with Crippen LogP contribution in [0.4, 0.5) is 4.39 Å². The second-order valence-corrected chi connectivity index (χ2v) is 6.62. The maximum Gasteiger partial charge on any atom is 0.270 e. The van der Waals surface area contributed by atoms with Gasteiger partial charge in [0.15, 0.2) is 0 Å². The van der Waals surface area contributed by atoms with Crippen molar-refractivity contribution in [1.82, 2.24) is 19.7 Å². The molecule has 1 unspecified atom stereocenters. The first-order valence-electron chi connectivity index (χ1n) is 8.60. The smallest absolute Gasteiger partial charge is 0.270 e. The number of hydrogen-bond acceptors (Lipinski definition) is 3. The third-order valence-corrected chi connectivity index (χ3v) is 4.64. The first-order valence-corrected chi connectivity index (χ1v) is 8.60. The zero-order valence-corrected chi connectivity index (χ0v) is 15.0. The molecule has 1 aliphatic heterocycles. The van der Waals surface area contributed by atoms with Gasteiger partial charge >= 0.3 is 0 Å². The first-order chi connectivity index (χ1) is 12.5. The van der Waals surface area contributed by atoms with Crippen LogP contribution >= 0.6 is 0 Å². The lowest BCUT2D eigenvalue weighted by atomic mass is 10.0. The summed E-state index contributed by atoms with van der Waals surface area (Å²) in [5.74, 6) is -0.409. The van der Waals surface area contributed by atoms with Gasteiger partial charge < -0.3 is 14.8 Å². The number of likely N-dealkylation sites (N-methyl/N-ethyl adjacent to an activating group) is 1. The Kier molecular flexibility index (Phi) is 5.37. The number of benzene rings is 1. The fraction of sp³-hybridized carbons (Fsp3) is 0.368. The first kappa shape index (κ1) is 18.1. The van der Waals surface area contributed by atoms with Crippen molar-refractivity contribution in [2.75, 3.05) is 40.3 Å². The van der Waals surface area contributed by atoms with E-state index < -0.39 is 6.04 Å². The van der Waals surface area contributed by atoms with Crippen molar-refractivity contribution in [1.29, 1.82) is 0 Å². The van der Waals surface area contributed by atoms with Crippen molar-refractivity contribution in [2.24, 2.45) is 0 Å². The van der Waals surface area contributed by atoms with Crippen LogP contribution in [0.5, 0.6) is 0 Å². The Labute approximate surface area is 152 Å². The van der Waals surface area contributed by atoms with Gasteiger partial charge in [-0.1, -0.05) is 12.1 Å². The number of hydrogen-bond donors (Lipinski definition) is 1. The Morgan fingerprint density at radius 2 is 1.65 bits per heavy atom. The normalized spacial score (nSPS) is 16.0. The molecule has 3 rings (SSSR count). The van der Waals surface area contributed by atoms with E-state index in [0.717, 1.165) is 5.56 Å². The van der Waals surface area contributed by atoms with E-state index in [1.54, 1.807) is 40.3 Å². The molecular formula is C19H23FN4O2. The van der Waals surface area contributed by atoms with E-state index >= 15 is 0 Å². The largest absolute Gasteiger partial charge is 0.357 e. The minimum atomic E-state index is -0.471. The average molecular weight is 358 g/mol. The summed E-state index contributed by atoms with van der Waals surface area (Å²) < 4.78 is 13.2. The Balaban J connectivity index is 1.66. The average Bonchev–Trinajstić information content (AvgIpc) is 3.17. The highest BCUT2D eigenvalue weighted by atomic mass is 19.1. The van der Waals surface area contributed by atoms with Crippen LogP contribution in [0.25, 0.3) is 0 Å². The van der Waals surface area contributed by atoms with Gasteiger partial charge in [0.05, 0.1) is 0 Å². The molecule has 1 saturated heterocycles. The van der Waals surface area contributed by atoms with Crippen molar-refractivity contribution < 1.29 is 14.0 Å². The predicted molar refractivity (Wildman–Crippen MR) is 96.1 cm³/mol. The van der Waals surface area contributed by atoms with Crippen LogP contribution < -0.4 is 0 Å². The maximum atomic E-state index is 13.2. The molecule has 2 heterocycles. The highest BCUT2D eigenvalue weighted by Gasteiger charge is 2.31. The zero-order chi connectivity index (χ0) is 18.7. The van der Waals surface area contributed by atoms with Crippen molar-refractivity contribution >= 4 is 11.8 Å². The number of nitrogens with one attached hydrogen (secondary N) is 1. The molecule has 26 heavy (non-hydrogen) atoms. The quantitative estimate of drug-likeness (QED) is 0.906. The van der Waals surface area contributed by atoms with E-state index in [9.17, 15) is 14.0 Å². The van der Waals surface area contributed by atoms with Crippen LogP contribution in [0.3, 0.4) is 0 Å². The number of aromatic nitrogens is 1. The molecule has 0 radical (unpaired) electrons. The molecular weight excluding hydrogens is 335 g/mol. The van der Waals surface area contributed by atoms with E-state index in [1.165, 1.54) is 12.1 Å². The van der Waals surface area contributed by atoms with E-state index in [2.05, 4.69) is 4.98 Å². The number of amides is 2. The molecule has 2 aromatic rings. The maximum absolute atomic E-state index is 13.2. The number of H-pyrrole nitrogens is 1. The molecule has 0 aliphatic carbocycles. The summed E-state index contributed by atoms with van der Waals surface area (Å²) in [5.41, 5.74) is 1.31. The highest BCUT2D eigenvalue weighted by molar-refractivity contribution is 5.92. The predicted octanol–water partition coefficient (Wildman–Crippen LogP) is 1.74. The lowest BCUT2D eigenvalue weighted by Crippen LogP contribution is -2.52. The summed E-state index contributed by atoms with van der Waals surface area (Å²) in [6, 6.07) is 9.08. The van der Waals surface area contributed by atoms with Gasteiger partial charge in [-0.15, -0.1) is 0 Å².